The first kappa shape index (κ1) is 12.9. The minimum absolute atomic E-state index is 0.183. The van der Waals surface area contributed by atoms with Gasteiger partial charge in [0.1, 0.15) is 5.78 Å². The summed E-state index contributed by atoms with van der Waals surface area (Å²) in [5.41, 5.74) is 0.843. The standard InChI is InChI=1S/C12H20N2O2/c1-4-16-8-6-12(15)9-11-5-7-14(13-11)10(2)3/h5,7,10H,4,6,8-9H2,1-3H3. The molecule has 0 N–H and O–H groups in total. The molecule has 0 spiro atoms. The SMILES string of the molecule is CCOCCC(=O)Cc1ccn(C(C)C)n1. The minimum atomic E-state index is 0.183. The molecule has 0 atom stereocenters. The highest BCUT2D eigenvalue weighted by Gasteiger charge is 2.07. The fourth-order valence-electron chi connectivity index (χ4n) is 1.38. The highest BCUT2D eigenvalue weighted by molar-refractivity contribution is 5.80. The van der Waals surface area contributed by atoms with Crippen LogP contribution in [0.3, 0.4) is 0 Å². The number of ether oxygens (including phenoxy) is 1. The number of carbonyl (C=O) groups excluding carboxylic acids is 1. The number of rotatable bonds is 7. The molecular weight excluding hydrogens is 204 g/mol. The second-order valence-electron chi connectivity index (χ2n) is 4.04. The van der Waals surface area contributed by atoms with Crippen LogP contribution in [0.4, 0.5) is 0 Å². The van der Waals surface area contributed by atoms with Crippen LogP contribution in [-0.2, 0) is 16.0 Å². The zero-order valence-corrected chi connectivity index (χ0v) is 10.3. The molecule has 16 heavy (non-hydrogen) atoms. The summed E-state index contributed by atoms with van der Waals surface area (Å²) in [5.74, 6) is 0.183. The van der Waals surface area contributed by atoms with E-state index in [0.29, 0.717) is 32.1 Å². The first-order valence-electron chi connectivity index (χ1n) is 5.77. The van der Waals surface area contributed by atoms with Crippen molar-refractivity contribution in [2.75, 3.05) is 13.2 Å². The number of aromatic nitrogens is 2. The van der Waals surface area contributed by atoms with Gasteiger partial charge in [-0.1, -0.05) is 0 Å². The van der Waals surface area contributed by atoms with Gasteiger partial charge in [-0.05, 0) is 26.8 Å². The molecule has 0 bridgehead atoms. The summed E-state index contributed by atoms with van der Waals surface area (Å²) in [6.07, 6.45) is 2.80. The largest absolute Gasteiger partial charge is 0.381 e. The zero-order valence-electron chi connectivity index (χ0n) is 10.3. The van der Waals surface area contributed by atoms with Gasteiger partial charge in [-0.15, -0.1) is 0 Å². The van der Waals surface area contributed by atoms with Crippen LogP contribution in [0.15, 0.2) is 12.3 Å². The lowest BCUT2D eigenvalue weighted by Crippen LogP contribution is -2.08. The molecule has 4 heteroatoms. The molecular formula is C12H20N2O2. The minimum Gasteiger partial charge on any atom is -0.381 e. The Morgan fingerprint density at radius 2 is 2.31 bits per heavy atom. The van der Waals surface area contributed by atoms with Crippen LogP contribution in [0.5, 0.6) is 0 Å². The third-order valence-electron chi connectivity index (χ3n) is 2.30. The Morgan fingerprint density at radius 3 is 2.88 bits per heavy atom. The Balaban J connectivity index is 2.37. The van der Waals surface area contributed by atoms with Crippen LogP contribution < -0.4 is 0 Å². The average Bonchev–Trinajstić information content (AvgIpc) is 2.66. The highest BCUT2D eigenvalue weighted by atomic mass is 16.5. The van der Waals surface area contributed by atoms with Crippen LogP contribution in [0.1, 0.15) is 38.9 Å². The Bertz CT molecular complexity index is 332. The summed E-state index contributed by atoms with van der Waals surface area (Å²) in [6, 6.07) is 2.24. The second kappa shape index (κ2) is 6.43. The van der Waals surface area contributed by atoms with Gasteiger partial charge in [-0.3, -0.25) is 9.48 Å². The number of nitrogens with zero attached hydrogens (tertiary/aromatic N) is 2. The third-order valence-corrected chi connectivity index (χ3v) is 2.30. The Kier molecular flexibility index (Phi) is 5.19. The van der Waals surface area contributed by atoms with E-state index in [1.165, 1.54) is 0 Å². The summed E-state index contributed by atoms with van der Waals surface area (Å²) in [6.45, 7) is 7.23. The van der Waals surface area contributed by atoms with E-state index >= 15 is 0 Å². The van der Waals surface area contributed by atoms with Gasteiger partial charge in [0, 0.05) is 25.3 Å². The fourth-order valence-corrected chi connectivity index (χ4v) is 1.38. The molecule has 1 rings (SSSR count). The smallest absolute Gasteiger partial charge is 0.141 e. The van der Waals surface area contributed by atoms with Crippen molar-refractivity contribution in [1.29, 1.82) is 0 Å². The van der Waals surface area contributed by atoms with Crippen molar-refractivity contribution < 1.29 is 9.53 Å². The number of hydrogen-bond donors (Lipinski definition) is 0. The van der Waals surface area contributed by atoms with E-state index in [1.807, 2.05) is 23.9 Å². The van der Waals surface area contributed by atoms with Crippen molar-refractivity contribution in [2.45, 2.75) is 39.7 Å². The van der Waals surface area contributed by atoms with E-state index in [-0.39, 0.29) is 5.78 Å². The van der Waals surface area contributed by atoms with E-state index in [9.17, 15) is 4.79 Å². The lowest BCUT2D eigenvalue weighted by atomic mass is 10.2. The maximum absolute atomic E-state index is 11.5. The topological polar surface area (TPSA) is 44.1 Å². The van der Waals surface area contributed by atoms with Crippen LogP contribution in [0, 0.1) is 0 Å². The lowest BCUT2D eigenvalue weighted by Gasteiger charge is -2.03. The summed E-state index contributed by atoms with van der Waals surface area (Å²) in [5, 5.41) is 4.33. The predicted molar refractivity (Wildman–Crippen MR) is 62.4 cm³/mol. The van der Waals surface area contributed by atoms with Crippen molar-refractivity contribution >= 4 is 5.78 Å². The average molecular weight is 224 g/mol. The Labute approximate surface area is 96.6 Å². The van der Waals surface area contributed by atoms with E-state index in [0.717, 1.165) is 5.69 Å². The van der Waals surface area contributed by atoms with Crippen LogP contribution >= 0.6 is 0 Å². The fraction of sp³-hybridized carbons (Fsp3) is 0.667. The molecule has 0 radical (unpaired) electrons. The molecule has 0 aliphatic carbocycles. The second-order valence-corrected chi connectivity index (χ2v) is 4.04. The molecule has 1 aromatic heterocycles. The molecule has 0 aliphatic heterocycles. The molecule has 0 amide bonds. The predicted octanol–water partition coefficient (Wildman–Crippen LogP) is 2.00. The summed E-state index contributed by atoms with van der Waals surface area (Å²) in [7, 11) is 0. The van der Waals surface area contributed by atoms with Gasteiger partial charge in [0.15, 0.2) is 0 Å². The number of Topliss-reactive ketones (excluding diaryl/α,β-unsaturated/α-hetero) is 1. The van der Waals surface area contributed by atoms with E-state index in [4.69, 9.17) is 4.74 Å². The normalized spacial score (nSPS) is 11.0. The van der Waals surface area contributed by atoms with Crippen molar-refractivity contribution in [1.82, 2.24) is 9.78 Å². The number of hydrogen-bond acceptors (Lipinski definition) is 3. The van der Waals surface area contributed by atoms with E-state index in [1.54, 1.807) is 0 Å². The molecule has 90 valence electrons. The zero-order chi connectivity index (χ0) is 12.0. The van der Waals surface area contributed by atoms with Gasteiger partial charge < -0.3 is 4.74 Å². The van der Waals surface area contributed by atoms with Crippen LogP contribution in [0.25, 0.3) is 0 Å². The van der Waals surface area contributed by atoms with Gasteiger partial charge in [0.25, 0.3) is 0 Å². The van der Waals surface area contributed by atoms with Gasteiger partial charge >= 0.3 is 0 Å². The molecule has 0 fully saturated rings. The van der Waals surface area contributed by atoms with E-state index in [2.05, 4.69) is 18.9 Å². The molecule has 0 saturated carbocycles. The lowest BCUT2D eigenvalue weighted by molar-refractivity contribution is -0.119. The van der Waals surface area contributed by atoms with E-state index < -0.39 is 0 Å². The third kappa shape index (κ3) is 4.14. The summed E-state index contributed by atoms with van der Waals surface area (Å²) >= 11 is 0. The molecule has 4 nitrogen and oxygen atoms in total. The van der Waals surface area contributed by atoms with Crippen molar-refractivity contribution in [3.63, 3.8) is 0 Å². The van der Waals surface area contributed by atoms with Gasteiger partial charge in [-0.25, -0.2) is 0 Å². The Hall–Kier alpha value is -1.16. The van der Waals surface area contributed by atoms with Gasteiger partial charge in [0.05, 0.1) is 18.7 Å². The molecule has 1 aromatic rings. The van der Waals surface area contributed by atoms with Crippen LogP contribution in [-0.4, -0.2) is 28.8 Å². The maximum atomic E-state index is 11.5. The highest BCUT2D eigenvalue weighted by Crippen LogP contribution is 2.05. The molecule has 1 heterocycles. The van der Waals surface area contributed by atoms with Gasteiger partial charge in [0.2, 0.25) is 0 Å². The Morgan fingerprint density at radius 1 is 1.56 bits per heavy atom. The van der Waals surface area contributed by atoms with Crippen LogP contribution in [0.2, 0.25) is 0 Å². The van der Waals surface area contributed by atoms with Crippen molar-refractivity contribution in [2.24, 2.45) is 0 Å². The molecule has 0 aliphatic rings. The first-order chi connectivity index (χ1) is 7.63. The number of carbonyl (C=O) groups is 1. The first-order valence-corrected chi connectivity index (χ1v) is 5.77. The molecule has 0 aromatic carbocycles. The number of ketones is 1. The quantitative estimate of drug-likeness (QED) is 0.665. The monoisotopic (exact) mass is 224 g/mol. The van der Waals surface area contributed by atoms with Crippen molar-refractivity contribution in [3.05, 3.63) is 18.0 Å². The molecule has 0 saturated heterocycles. The summed E-state index contributed by atoms with van der Waals surface area (Å²) < 4.78 is 7.01. The summed E-state index contributed by atoms with van der Waals surface area (Å²) in [4.78, 5) is 11.5. The maximum Gasteiger partial charge on any atom is 0.141 e. The van der Waals surface area contributed by atoms with Gasteiger partial charge in [-0.2, -0.15) is 5.10 Å². The van der Waals surface area contributed by atoms with Crippen molar-refractivity contribution in [3.8, 4) is 0 Å². The molecule has 0 unspecified atom stereocenters.